The van der Waals surface area contributed by atoms with Crippen LogP contribution in [0.2, 0.25) is 0 Å². The lowest BCUT2D eigenvalue weighted by atomic mass is 10.2. The van der Waals surface area contributed by atoms with Crippen molar-refractivity contribution in [1.82, 2.24) is 15.2 Å². The summed E-state index contributed by atoms with van der Waals surface area (Å²) in [5.74, 6) is -0.645. The van der Waals surface area contributed by atoms with Gasteiger partial charge in [0, 0.05) is 22.0 Å². The molecule has 0 aliphatic rings. The predicted molar refractivity (Wildman–Crippen MR) is 107 cm³/mol. The van der Waals surface area contributed by atoms with E-state index in [1.54, 1.807) is 6.20 Å². The van der Waals surface area contributed by atoms with Crippen LogP contribution in [0.5, 0.6) is 0 Å². The third-order valence-electron chi connectivity index (χ3n) is 3.85. The number of carbonyl (C=O) groups excluding carboxylic acids is 2. The van der Waals surface area contributed by atoms with Crippen LogP contribution in [0.1, 0.15) is 17.3 Å². The van der Waals surface area contributed by atoms with E-state index in [1.165, 1.54) is 43.0 Å². The highest BCUT2D eigenvalue weighted by Crippen LogP contribution is 2.25. The van der Waals surface area contributed by atoms with Crippen LogP contribution < -0.4 is 10.3 Å². The maximum atomic E-state index is 12.2. The van der Waals surface area contributed by atoms with Crippen LogP contribution in [0.3, 0.4) is 0 Å². The molecular weight excluding hydrogens is 398 g/mol. The van der Waals surface area contributed by atoms with E-state index >= 15 is 0 Å². The zero-order chi connectivity index (χ0) is 20.1. The summed E-state index contributed by atoms with van der Waals surface area (Å²) in [6.07, 6.45) is 1.68. The number of nitrogens with one attached hydrogen (secondary N) is 2. The molecule has 0 bridgehead atoms. The van der Waals surface area contributed by atoms with Crippen LogP contribution in [0, 0.1) is 0 Å². The number of carbonyl (C=O) groups is 2. The number of benzene rings is 2. The number of para-hydroxylation sites is 1. The molecule has 28 heavy (non-hydrogen) atoms. The topological polar surface area (TPSA) is 105 Å². The number of Topliss-reactive ketones (excluding diaryl/α,β-unsaturated/α-hetero) is 1. The fourth-order valence-electron chi connectivity index (χ4n) is 2.42. The first-order valence-electron chi connectivity index (χ1n) is 8.25. The first kappa shape index (κ1) is 20.0. The highest BCUT2D eigenvalue weighted by Gasteiger charge is 2.16. The molecule has 0 fully saturated rings. The molecule has 0 spiro atoms. The number of sulfonamides is 1. The van der Waals surface area contributed by atoms with E-state index in [0.29, 0.717) is 5.56 Å². The third-order valence-corrected chi connectivity index (χ3v) is 6.16. The maximum absolute atomic E-state index is 12.2. The van der Waals surface area contributed by atoms with Crippen LogP contribution in [0.4, 0.5) is 0 Å². The van der Waals surface area contributed by atoms with Crippen molar-refractivity contribution >= 4 is 44.4 Å². The summed E-state index contributed by atoms with van der Waals surface area (Å²) in [7, 11) is -3.93. The van der Waals surface area contributed by atoms with Gasteiger partial charge in [-0.05, 0) is 31.2 Å². The van der Waals surface area contributed by atoms with Gasteiger partial charge >= 0.3 is 0 Å². The van der Waals surface area contributed by atoms with Gasteiger partial charge < -0.3 is 0 Å². The molecule has 1 aromatic heterocycles. The van der Waals surface area contributed by atoms with Crippen molar-refractivity contribution in [2.45, 2.75) is 16.7 Å². The van der Waals surface area contributed by atoms with Gasteiger partial charge in [0.15, 0.2) is 5.78 Å². The van der Waals surface area contributed by atoms with Crippen molar-refractivity contribution in [2.75, 3.05) is 5.75 Å². The smallest absolute Gasteiger partial charge is 0.257 e. The number of thioether (sulfide) groups is 1. The van der Waals surface area contributed by atoms with Crippen LogP contribution in [0.15, 0.2) is 70.6 Å². The van der Waals surface area contributed by atoms with Crippen molar-refractivity contribution in [2.24, 2.45) is 0 Å². The van der Waals surface area contributed by atoms with Crippen molar-refractivity contribution in [3.05, 3.63) is 66.4 Å². The number of rotatable bonds is 7. The lowest BCUT2D eigenvalue weighted by Gasteiger charge is -2.09. The molecule has 2 aromatic carbocycles. The standard InChI is InChI=1S/C19H17N3O4S2/c1-13(23)14-7-9-16(10-8-14)28(25,26)22-21-18(24)12-27-17-6-2-4-15-5-3-11-20-19(15)17/h2-11,22H,12H2,1H3,(H,21,24). The lowest BCUT2D eigenvalue weighted by molar-refractivity contribution is -0.119. The van der Waals surface area contributed by atoms with Gasteiger partial charge in [0.2, 0.25) is 5.91 Å². The fourth-order valence-corrected chi connectivity index (χ4v) is 4.13. The van der Waals surface area contributed by atoms with Gasteiger partial charge in [-0.3, -0.25) is 20.0 Å². The molecule has 0 atom stereocenters. The van der Waals surface area contributed by atoms with Crippen molar-refractivity contribution in [3.8, 4) is 0 Å². The molecule has 0 saturated carbocycles. The van der Waals surface area contributed by atoms with E-state index in [2.05, 4.69) is 15.2 Å². The van der Waals surface area contributed by atoms with Gasteiger partial charge in [-0.1, -0.05) is 30.3 Å². The average molecular weight is 415 g/mol. The molecule has 9 heteroatoms. The summed E-state index contributed by atoms with van der Waals surface area (Å²) in [5, 5.41) is 0.961. The second-order valence-electron chi connectivity index (χ2n) is 5.85. The summed E-state index contributed by atoms with van der Waals surface area (Å²) in [6.45, 7) is 1.39. The van der Waals surface area contributed by atoms with Gasteiger partial charge in [-0.25, -0.2) is 8.42 Å². The Labute approximate surface area is 166 Å². The number of pyridine rings is 1. The molecule has 144 valence electrons. The first-order valence-corrected chi connectivity index (χ1v) is 10.7. The molecule has 1 amide bonds. The molecule has 3 rings (SSSR count). The Morgan fingerprint density at radius 3 is 2.46 bits per heavy atom. The Bertz CT molecular complexity index is 1120. The zero-order valence-corrected chi connectivity index (χ0v) is 16.5. The summed E-state index contributed by atoms with van der Waals surface area (Å²) in [4.78, 5) is 30.5. The Morgan fingerprint density at radius 2 is 1.75 bits per heavy atom. The highest BCUT2D eigenvalue weighted by atomic mass is 32.2. The molecule has 0 aliphatic carbocycles. The summed E-state index contributed by atoms with van der Waals surface area (Å²) >= 11 is 1.26. The van der Waals surface area contributed by atoms with Crippen molar-refractivity contribution in [1.29, 1.82) is 0 Å². The number of aromatic nitrogens is 1. The zero-order valence-electron chi connectivity index (χ0n) is 14.9. The number of nitrogens with zero attached hydrogens (tertiary/aromatic N) is 1. The second kappa shape index (κ2) is 8.51. The Balaban J connectivity index is 1.59. The summed E-state index contributed by atoms with van der Waals surface area (Å²) in [5.41, 5.74) is 3.38. The average Bonchev–Trinajstić information content (AvgIpc) is 2.70. The number of hydrazine groups is 1. The van der Waals surface area contributed by atoms with Crippen LogP contribution in [-0.2, 0) is 14.8 Å². The minimum Gasteiger partial charge on any atom is -0.295 e. The molecule has 1 heterocycles. The monoisotopic (exact) mass is 415 g/mol. The van der Waals surface area contributed by atoms with Crippen molar-refractivity contribution in [3.63, 3.8) is 0 Å². The molecule has 0 radical (unpaired) electrons. The second-order valence-corrected chi connectivity index (χ2v) is 8.55. The summed E-state index contributed by atoms with van der Waals surface area (Å²) < 4.78 is 24.5. The molecule has 0 saturated heterocycles. The van der Waals surface area contributed by atoms with Gasteiger partial charge in [-0.2, -0.15) is 0 Å². The number of amides is 1. The fraction of sp³-hybridized carbons (Fsp3) is 0.105. The Kier molecular flexibility index (Phi) is 6.08. The van der Waals surface area contributed by atoms with E-state index in [0.717, 1.165) is 15.8 Å². The molecule has 2 N–H and O–H groups in total. The van der Waals surface area contributed by atoms with E-state index in [9.17, 15) is 18.0 Å². The summed E-state index contributed by atoms with van der Waals surface area (Å²) in [6, 6.07) is 14.9. The van der Waals surface area contributed by atoms with Crippen LogP contribution in [0.25, 0.3) is 10.9 Å². The van der Waals surface area contributed by atoms with E-state index in [4.69, 9.17) is 0 Å². The molecule has 3 aromatic rings. The maximum Gasteiger partial charge on any atom is 0.257 e. The molecule has 0 unspecified atom stereocenters. The van der Waals surface area contributed by atoms with Gasteiger partial charge in [0.1, 0.15) is 0 Å². The molecule has 7 nitrogen and oxygen atoms in total. The molecule has 0 aliphatic heterocycles. The third kappa shape index (κ3) is 4.75. The SMILES string of the molecule is CC(=O)c1ccc(S(=O)(=O)NNC(=O)CSc2cccc3cccnc23)cc1. The van der Waals surface area contributed by atoms with E-state index < -0.39 is 15.9 Å². The molecular formula is C19H17N3O4S2. The van der Waals surface area contributed by atoms with Crippen molar-refractivity contribution < 1.29 is 18.0 Å². The number of hydrogen-bond acceptors (Lipinski definition) is 6. The predicted octanol–water partition coefficient (Wildman–Crippen LogP) is 2.54. The van der Waals surface area contributed by atoms with Crippen LogP contribution in [-0.4, -0.2) is 30.8 Å². The number of fused-ring (bicyclic) bond motifs is 1. The minimum absolute atomic E-state index is 0.0154. The first-order chi connectivity index (χ1) is 13.4. The Morgan fingerprint density at radius 1 is 1.04 bits per heavy atom. The quantitative estimate of drug-likeness (QED) is 0.349. The van der Waals surface area contributed by atoms with Gasteiger partial charge in [-0.15, -0.1) is 16.6 Å². The Hall–Kier alpha value is -2.75. The number of hydrogen-bond donors (Lipinski definition) is 2. The minimum atomic E-state index is -3.93. The van der Waals surface area contributed by atoms with Gasteiger partial charge in [0.25, 0.3) is 10.0 Å². The normalized spacial score (nSPS) is 11.3. The van der Waals surface area contributed by atoms with Crippen LogP contribution >= 0.6 is 11.8 Å². The van der Waals surface area contributed by atoms with Gasteiger partial charge in [0.05, 0.1) is 16.2 Å². The number of ketones is 1. The highest BCUT2D eigenvalue weighted by molar-refractivity contribution is 8.00. The van der Waals surface area contributed by atoms with E-state index in [1.807, 2.05) is 30.3 Å². The lowest BCUT2D eigenvalue weighted by Crippen LogP contribution is -2.42. The largest absolute Gasteiger partial charge is 0.295 e. The van der Waals surface area contributed by atoms with E-state index in [-0.39, 0.29) is 16.4 Å².